The molecule has 2 nitrogen and oxygen atoms in total. The number of aromatic nitrogens is 1. The molecular weight excluding hydrogens is 262 g/mol. The molecule has 0 saturated carbocycles. The van der Waals surface area contributed by atoms with Gasteiger partial charge in [-0.1, -0.05) is 23.5 Å². The first-order valence-corrected chi connectivity index (χ1v) is 5.71. The number of rotatable bonds is 2. The van der Waals surface area contributed by atoms with E-state index in [-0.39, 0.29) is 0 Å². The van der Waals surface area contributed by atoms with Crippen molar-refractivity contribution in [1.82, 2.24) is 4.98 Å². The van der Waals surface area contributed by atoms with Gasteiger partial charge in [0, 0.05) is 0 Å². The summed E-state index contributed by atoms with van der Waals surface area (Å²) < 4.78 is 6.53. The predicted molar refractivity (Wildman–Crippen MR) is 61.1 cm³/mol. The third-order valence-corrected chi connectivity index (χ3v) is 3.01. The van der Waals surface area contributed by atoms with Crippen LogP contribution in [0, 0.1) is 6.92 Å². The van der Waals surface area contributed by atoms with Crippen LogP contribution in [0.2, 0.25) is 0 Å². The maximum absolute atomic E-state index is 5.56. The Morgan fingerprint density at radius 3 is 2.93 bits per heavy atom. The van der Waals surface area contributed by atoms with Crippen molar-refractivity contribution in [2.75, 3.05) is 0 Å². The van der Waals surface area contributed by atoms with Crippen LogP contribution in [0.25, 0.3) is 0 Å². The van der Waals surface area contributed by atoms with Crippen LogP contribution in [0.5, 0.6) is 10.9 Å². The zero-order valence-corrected chi connectivity index (χ0v) is 9.93. The molecule has 1 aromatic carbocycles. The van der Waals surface area contributed by atoms with Gasteiger partial charge in [0.25, 0.3) is 5.19 Å². The Balaban J connectivity index is 2.18. The van der Waals surface area contributed by atoms with Gasteiger partial charge in [-0.15, -0.1) is 0 Å². The molecule has 0 saturated heterocycles. The summed E-state index contributed by atoms with van der Waals surface area (Å²) in [5, 5.41) is 0.655. The summed E-state index contributed by atoms with van der Waals surface area (Å²) in [5.41, 5.74) is 1.18. The van der Waals surface area contributed by atoms with E-state index >= 15 is 0 Å². The van der Waals surface area contributed by atoms with Gasteiger partial charge in [0.2, 0.25) is 0 Å². The van der Waals surface area contributed by atoms with Crippen LogP contribution in [0.4, 0.5) is 0 Å². The summed E-state index contributed by atoms with van der Waals surface area (Å²) in [6.45, 7) is 2.03. The van der Waals surface area contributed by atoms with E-state index in [0.29, 0.717) is 5.19 Å². The minimum Gasteiger partial charge on any atom is -0.431 e. The number of benzene rings is 1. The highest BCUT2D eigenvalue weighted by Gasteiger charge is 2.01. The van der Waals surface area contributed by atoms with E-state index in [2.05, 4.69) is 20.9 Å². The zero-order chi connectivity index (χ0) is 9.97. The maximum Gasteiger partial charge on any atom is 0.279 e. The maximum atomic E-state index is 5.56. The van der Waals surface area contributed by atoms with Crippen LogP contribution in [-0.4, -0.2) is 4.98 Å². The minimum absolute atomic E-state index is 0.655. The van der Waals surface area contributed by atoms with E-state index in [4.69, 9.17) is 4.74 Å². The topological polar surface area (TPSA) is 22.1 Å². The van der Waals surface area contributed by atoms with Crippen molar-refractivity contribution < 1.29 is 4.74 Å². The number of thiazole rings is 1. The molecule has 0 radical (unpaired) electrons. The highest BCUT2D eigenvalue weighted by molar-refractivity contribution is 9.11. The van der Waals surface area contributed by atoms with Crippen LogP contribution in [-0.2, 0) is 0 Å². The summed E-state index contributed by atoms with van der Waals surface area (Å²) in [4.78, 5) is 4.09. The normalized spacial score (nSPS) is 10.1. The molecule has 0 N–H and O–H groups in total. The molecule has 0 atom stereocenters. The average molecular weight is 270 g/mol. The molecule has 1 aromatic heterocycles. The van der Waals surface area contributed by atoms with E-state index in [9.17, 15) is 0 Å². The second-order valence-corrected chi connectivity index (χ2v) is 5.22. The second kappa shape index (κ2) is 4.11. The first-order chi connectivity index (χ1) is 6.74. The van der Waals surface area contributed by atoms with Gasteiger partial charge >= 0.3 is 0 Å². The van der Waals surface area contributed by atoms with E-state index in [0.717, 1.165) is 9.54 Å². The summed E-state index contributed by atoms with van der Waals surface area (Å²) in [6.07, 6.45) is 1.73. The number of aryl methyl sites for hydroxylation is 1. The largest absolute Gasteiger partial charge is 0.431 e. The molecule has 2 aromatic rings. The van der Waals surface area contributed by atoms with Gasteiger partial charge in [-0.3, -0.25) is 0 Å². The third kappa shape index (κ3) is 2.33. The lowest BCUT2D eigenvalue weighted by molar-refractivity contribution is 0.478. The van der Waals surface area contributed by atoms with Crippen molar-refractivity contribution in [3.8, 4) is 10.9 Å². The average Bonchev–Trinajstić information content (AvgIpc) is 2.51. The van der Waals surface area contributed by atoms with Crippen molar-refractivity contribution >= 4 is 27.3 Å². The highest BCUT2D eigenvalue weighted by atomic mass is 79.9. The lowest BCUT2D eigenvalue weighted by atomic mass is 10.2. The van der Waals surface area contributed by atoms with Gasteiger partial charge < -0.3 is 4.74 Å². The highest BCUT2D eigenvalue weighted by Crippen LogP contribution is 2.29. The van der Waals surface area contributed by atoms with Crippen molar-refractivity contribution in [2.45, 2.75) is 6.92 Å². The Labute approximate surface area is 94.7 Å². The molecule has 14 heavy (non-hydrogen) atoms. The lowest BCUT2D eigenvalue weighted by Crippen LogP contribution is -1.82. The van der Waals surface area contributed by atoms with E-state index in [1.165, 1.54) is 16.9 Å². The molecular formula is C10H8BrNOS. The molecule has 4 heteroatoms. The molecule has 1 heterocycles. The van der Waals surface area contributed by atoms with E-state index in [1.54, 1.807) is 6.20 Å². The van der Waals surface area contributed by atoms with Crippen LogP contribution >= 0.6 is 27.3 Å². The minimum atomic E-state index is 0.655. The number of halogens is 1. The zero-order valence-electron chi connectivity index (χ0n) is 7.53. The van der Waals surface area contributed by atoms with E-state index < -0.39 is 0 Å². The van der Waals surface area contributed by atoms with Gasteiger partial charge in [0.05, 0.1) is 9.98 Å². The summed E-state index contributed by atoms with van der Waals surface area (Å²) in [5.74, 6) is 0.826. The SMILES string of the molecule is Cc1cccc(Oc2ncc(Br)s2)c1. The first kappa shape index (κ1) is 9.68. The van der Waals surface area contributed by atoms with Gasteiger partial charge in [-0.25, -0.2) is 4.98 Å². The Kier molecular flexibility index (Phi) is 2.84. The Hall–Kier alpha value is -0.870. The standard InChI is InChI=1S/C10H8BrNOS/c1-7-3-2-4-8(5-7)13-10-12-6-9(11)14-10/h2-6H,1H3. The predicted octanol–water partition coefficient (Wildman–Crippen LogP) is 4.01. The summed E-state index contributed by atoms with van der Waals surface area (Å²) >= 11 is 4.81. The summed E-state index contributed by atoms with van der Waals surface area (Å²) in [6, 6.07) is 7.90. The van der Waals surface area contributed by atoms with Gasteiger partial charge in [0.15, 0.2) is 0 Å². The van der Waals surface area contributed by atoms with Gasteiger partial charge in [-0.2, -0.15) is 0 Å². The first-order valence-electron chi connectivity index (χ1n) is 4.10. The van der Waals surface area contributed by atoms with Crippen molar-refractivity contribution in [3.63, 3.8) is 0 Å². The monoisotopic (exact) mass is 269 g/mol. The van der Waals surface area contributed by atoms with Crippen LogP contribution in [0.1, 0.15) is 5.56 Å². The van der Waals surface area contributed by atoms with Crippen LogP contribution < -0.4 is 4.74 Å². The Morgan fingerprint density at radius 1 is 1.43 bits per heavy atom. The summed E-state index contributed by atoms with van der Waals surface area (Å²) in [7, 11) is 0. The van der Waals surface area contributed by atoms with Crippen molar-refractivity contribution in [2.24, 2.45) is 0 Å². The fourth-order valence-corrected chi connectivity index (χ4v) is 2.10. The molecule has 0 aliphatic carbocycles. The molecule has 2 rings (SSSR count). The number of nitrogens with zero attached hydrogens (tertiary/aromatic N) is 1. The Bertz CT molecular complexity index is 441. The fraction of sp³-hybridized carbons (Fsp3) is 0.100. The fourth-order valence-electron chi connectivity index (χ4n) is 1.07. The molecule has 0 bridgehead atoms. The smallest absolute Gasteiger partial charge is 0.279 e. The number of ether oxygens (including phenoxy) is 1. The number of hydrogen-bond donors (Lipinski definition) is 0. The van der Waals surface area contributed by atoms with Gasteiger partial charge in [0.1, 0.15) is 5.75 Å². The quantitative estimate of drug-likeness (QED) is 0.822. The van der Waals surface area contributed by atoms with Crippen LogP contribution in [0.3, 0.4) is 0 Å². The van der Waals surface area contributed by atoms with Crippen molar-refractivity contribution in [3.05, 3.63) is 39.8 Å². The molecule has 0 unspecified atom stereocenters. The molecule has 72 valence electrons. The Morgan fingerprint density at radius 2 is 2.29 bits per heavy atom. The lowest BCUT2D eigenvalue weighted by Gasteiger charge is -2.01. The van der Waals surface area contributed by atoms with E-state index in [1.807, 2.05) is 31.2 Å². The number of hydrogen-bond acceptors (Lipinski definition) is 3. The third-order valence-electron chi connectivity index (χ3n) is 1.65. The molecule has 0 aliphatic heterocycles. The second-order valence-electron chi connectivity index (χ2n) is 2.85. The van der Waals surface area contributed by atoms with Crippen LogP contribution in [0.15, 0.2) is 34.2 Å². The van der Waals surface area contributed by atoms with Gasteiger partial charge in [-0.05, 0) is 40.5 Å². The molecule has 0 aliphatic rings. The van der Waals surface area contributed by atoms with Crippen molar-refractivity contribution in [1.29, 1.82) is 0 Å². The molecule has 0 fully saturated rings. The molecule has 0 spiro atoms. The molecule has 0 amide bonds.